The first-order valence-corrected chi connectivity index (χ1v) is 9.98. The van der Waals surface area contributed by atoms with Gasteiger partial charge in [0.2, 0.25) is 0 Å². The van der Waals surface area contributed by atoms with Crippen molar-refractivity contribution in [1.82, 2.24) is 4.90 Å². The van der Waals surface area contributed by atoms with Crippen molar-refractivity contribution in [3.05, 3.63) is 23.3 Å². The zero-order valence-corrected chi connectivity index (χ0v) is 16.2. The molecule has 1 saturated carbocycles. The Kier molecular flexibility index (Phi) is 3.60. The van der Waals surface area contributed by atoms with Gasteiger partial charge in [-0.15, -0.1) is 0 Å². The Bertz CT molecular complexity index is 806. The lowest BCUT2D eigenvalue weighted by atomic mass is 9.49. The Morgan fingerprint density at radius 2 is 2.22 bits per heavy atom. The largest absolute Gasteiger partial charge is 0.513 e. The summed E-state index contributed by atoms with van der Waals surface area (Å²) in [6.07, 6.45) is 2.62. The van der Waals surface area contributed by atoms with E-state index in [1.54, 1.807) is 6.92 Å². The molecule has 4 aliphatic rings. The van der Waals surface area contributed by atoms with Gasteiger partial charge in [0.15, 0.2) is 11.5 Å². The molecule has 0 amide bonds. The van der Waals surface area contributed by atoms with E-state index in [1.165, 1.54) is 11.1 Å². The zero-order valence-electron chi connectivity index (χ0n) is 16.2. The second-order valence-corrected chi connectivity index (χ2v) is 8.75. The molecule has 1 saturated heterocycles. The molecule has 6 heteroatoms. The van der Waals surface area contributed by atoms with Crippen LogP contribution in [0.15, 0.2) is 12.1 Å². The highest BCUT2D eigenvalue weighted by Gasteiger charge is 2.68. The van der Waals surface area contributed by atoms with E-state index in [0.717, 1.165) is 32.2 Å². The highest BCUT2D eigenvalue weighted by Crippen LogP contribution is 2.65. The molecule has 0 aromatic heterocycles. The number of nitrogens with zero attached hydrogens (tertiary/aromatic N) is 1. The molecule has 0 unspecified atom stereocenters. The first-order valence-electron chi connectivity index (χ1n) is 9.98. The second kappa shape index (κ2) is 5.61. The van der Waals surface area contributed by atoms with Crippen LogP contribution in [0.25, 0.3) is 0 Å². The van der Waals surface area contributed by atoms with Gasteiger partial charge < -0.3 is 24.2 Å². The molecule has 1 N–H and O–H groups in total. The molecule has 2 fully saturated rings. The summed E-state index contributed by atoms with van der Waals surface area (Å²) in [4.78, 5) is 14.4. The van der Waals surface area contributed by atoms with Crippen LogP contribution in [-0.4, -0.2) is 54.1 Å². The number of ether oxygens (including phenoxy) is 3. The molecule has 5 atom stereocenters. The molecule has 1 aromatic rings. The standard InChI is InChI=1S/C21H27NO5/c1-4-25-19(23)26-15-6-5-12-11-14-13-7-8-20(2,24)18-21(13,9-10-22(14)3)16(12)17(15)27-18/h5-6,13-14,18,24H,4,7-11H2,1-3H3/t13-,14+,18-,20-,21-/m0/s1. The average molecular weight is 373 g/mol. The number of likely N-dealkylation sites (N-methyl/N-ethyl adjacent to an activating group) is 1. The SMILES string of the molecule is CCOC(=O)Oc1ccc2c3c1O[C@@H]1[C@]34CCN(C)[C@H](C2)[C@@H]4CC[C@]1(C)O. The van der Waals surface area contributed by atoms with Gasteiger partial charge >= 0.3 is 6.16 Å². The van der Waals surface area contributed by atoms with Crippen molar-refractivity contribution < 1.29 is 24.1 Å². The van der Waals surface area contributed by atoms with E-state index in [9.17, 15) is 9.90 Å². The predicted molar refractivity (Wildman–Crippen MR) is 98.3 cm³/mol. The summed E-state index contributed by atoms with van der Waals surface area (Å²) in [6, 6.07) is 4.34. The van der Waals surface area contributed by atoms with Crippen LogP contribution in [0.5, 0.6) is 11.5 Å². The van der Waals surface area contributed by atoms with E-state index in [4.69, 9.17) is 14.2 Å². The molecule has 1 spiro atoms. The molecule has 146 valence electrons. The van der Waals surface area contributed by atoms with Gasteiger partial charge in [0, 0.05) is 17.0 Å². The third kappa shape index (κ3) is 2.17. The van der Waals surface area contributed by atoms with Crippen LogP contribution in [0.1, 0.15) is 44.2 Å². The maximum atomic E-state index is 11.9. The fraction of sp³-hybridized carbons (Fsp3) is 0.667. The van der Waals surface area contributed by atoms with Crippen molar-refractivity contribution in [2.45, 2.75) is 62.7 Å². The van der Waals surface area contributed by atoms with Crippen LogP contribution < -0.4 is 9.47 Å². The van der Waals surface area contributed by atoms with Gasteiger partial charge in [0.1, 0.15) is 6.10 Å². The molecule has 2 bridgehead atoms. The topological polar surface area (TPSA) is 68.2 Å². The second-order valence-electron chi connectivity index (χ2n) is 8.75. The van der Waals surface area contributed by atoms with E-state index in [0.29, 0.717) is 23.5 Å². The summed E-state index contributed by atoms with van der Waals surface area (Å²) in [5.41, 5.74) is 1.33. The van der Waals surface area contributed by atoms with Crippen LogP contribution >= 0.6 is 0 Å². The first-order chi connectivity index (χ1) is 12.9. The smallest absolute Gasteiger partial charge is 0.482 e. The van der Waals surface area contributed by atoms with Gasteiger partial charge in [0.05, 0.1) is 12.2 Å². The maximum absolute atomic E-state index is 11.9. The van der Waals surface area contributed by atoms with E-state index in [2.05, 4.69) is 18.0 Å². The lowest BCUT2D eigenvalue weighted by Gasteiger charge is -2.60. The lowest BCUT2D eigenvalue weighted by molar-refractivity contribution is -0.148. The van der Waals surface area contributed by atoms with Crippen molar-refractivity contribution in [3.63, 3.8) is 0 Å². The Morgan fingerprint density at radius 3 is 3.00 bits per heavy atom. The molecular weight excluding hydrogens is 346 g/mol. The fourth-order valence-electron chi connectivity index (χ4n) is 6.31. The van der Waals surface area contributed by atoms with Crippen molar-refractivity contribution in [1.29, 1.82) is 0 Å². The van der Waals surface area contributed by atoms with Gasteiger partial charge in [-0.3, -0.25) is 0 Å². The van der Waals surface area contributed by atoms with E-state index in [1.807, 2.05) is 13.0 Å². The summed E-state index contributed by atoms with van der Waals surface area (Å²) >= 11 is 0. The Labute approximate surface area is 159 Å². The molecular formula is C21H27NO5. The summed E-state index contributed by atoms with van der Waals surface area (Å²) < 4.78 is 16.9. The number of benzene rings is 1. The number of piperidine rings is 1. The fourth-order valence-corrected chi connectivity index (χ4v) is 6.31. The first kappa shape index (κ1) is 17.3. The Hall–Kier alpha value is -1.79. The number of rotatable bonds is 2. The minimum absolute atomic E-state index is 0.199. The van der Waals surface area contributed by atoms with Crippen molar-refractivity contribution in [2.75, 3.05) is 20.2 Å². The number of aliphatic hydroxyl groups is 1. The number of carbonyl (C=O) groups is 1. The van der Waals surface area contributed by atoms with Gasteiger partial charge in [-0.05, 0) is 70.7 Å². The predicted octanol–water partition coefficient (Wildman–Crippen LogP) is 2.64. The van der Waals surface area contributed by atoms with Gasteiger partial charge in [0.25, 0.3) is 0 Å². The highest BCUT2D eigenvalue weighted by atomic mass is 16.7. The number of hydrogen-bond acceptors (Lipinski definition) is 6. The minimum atomic E-state index is -0.897. The number of likely N-dealkylation sites (tertiary alicyclic amines) is 1. The molecule has 0 radical (unpaired) electrons. The van der Waals surface area contributed by atoms with Crippen LogP contribution in [-0.2, 0) is 16.6 Å². The van der Waals surface area contributed by atoms with E-state index in [-0.39, 0.29) is 18.1 Å². The Morgan fingerprint density at radius 1 is 1.41 bits per heavy atom. The molecule has 2 aliphatic heterocycles. The number of carbonyl (C=O) groups excluding carboxylic acids is 1. The molecule has 5 rings (SSSR count). The zero-order chi connectivity index (χ0) is 19.0. The monoisotopic (exact) mass is 373 g/mol. The van der Waals surface area contributed by atoms with Crippen molar-refractivity contribution >= 4 is 6.16 Å². The summed E-state index contributed by atoms with van der Waals surface area (Å²) in [5.74, 6) is 1.50. The summed E-state index contributed by atoms with van der Waals surface area (Å²) in [7, 11) is 2.21. The molecule has 1 aromatic carbocycles. The Balaban J connectivity index is 1.67. The molecule has 2 heterocycles. The lowest BCUT2D eigenvalue weighted by Crippen LogP contribution is -2.69. The van der Waals surface area contributed by atoms with Gasteiger partial charge in [-0.1, -0.05) is 6.07 Å². The van der Waals surface area contributed by atoms with Crippen molar-refractivity contribution in [2.24, 2.45) is 5.92 Å². The number of hydrogen-bond donors (Lipinski definition) is 1. The van der Waals surface area contributed by atoms with Gasteiger partial charge in [-0.2, -0.15) is 0 Å². The molecule has 6 nitrogen and oxygen atoms in total. The van der Waals surface area contributed by atoms with E-state index < -0.39 is 11.8 Å². The minimum Gasteiger partial charge on any atom is -0.482 e. The third-order valence-electron chi connectivity index (χ3n) is 7.36. The highest BCUT2D eigenvalue weighted by molar-refractivity contribution is 5.69. The summed E-state index contributed by atoms with van der Waals surface area (Å²) in [5, 5.41) is 11.2. The normalized spacial score (nSPS) is 38.7. The quantitative estimate of drug-likeness (QED) is 0.635. The van der Waals surface area contributed by atoms with E-state index >= 15 is 0 Å². The maximum Gasteiger partial charge on any atom is 0.513 e. The van der Waals surface area contributed by atoms with Crippen LogP contribution in [0, 0.1) is 5.92 Å². The molecule has 2 aliphatic carbocycles. The summed E-state index contributed by atoms with van der Waals surface area (Å²) in [6.45, 7) is 4.88. The average Bonchev–Trinajstić information content (AvgIpc) is 2.98. The van der Waals surface area contributed by atoms with Crippen LogP contribution in [0.4, 0.5) is 4.79 Å². The van der Waals surface area contributed by atoms with Gasteiger partial charge in [-0.25, -0.2) is 4.79 Å². The third-order valence-corrected chi connectivity index (χ3v) is 7.36. The van der Waals surface area contributed by atoms with Crippen LogP contribution in [0.3, 0.4) is 0 Å². The molecule has 27 heavy (non-hydrogen) atoms. The van der Waals surface area contributed by atoms with Crippen LogP contribution in [0.2, 0.25) is 0 Å². The van der Waals surface area contributed by atoms with Crippen molar-refractivity contribution in [3.8, 4) is 11.5 Å².